The van der Waals surface area contributed by atoms with E-state index in [1.165, 1.54) is 5.06 Å². The Hall–Kier alpha value is -1.82. The molecule has 6 heteroatoms. The second kappa shape index (κ2) is 4.21. The van der Waals surface area contributed by atoms with Gasteiger partial charge in [-0.25, -0.2) is 4.79 Å². The molecule has 92 valence electrons. The van der Waals surface area contributed by atoms with Crippen LogP contribution in [0.2, 0.25) is 0 Å². The minimum Gasteiger partial charge on any atom is -0.448 e. The number of hydrogen-bond donors (Lipinski definition) is 2. The summed E-state index contributed by atoms with van der Waals surface area (Å²) in [6.45, 7) is 0.630. The van der Waals surface area contributed by atoms with E-state index >= 15 is 0 Å². The first-order valence-electron chi connectivity index (χ1n) is 5.32. The number of hydrogen-bond acceptors (Lipinski definition) is 4. The van der Waals surface area contributed by atoms with Crippen molar-refractivity contribution >= 4 is 12.1 Å². The first-order chi connectivity index (χ1) is 8.08. The Kier molecular flexibility index (Phi) is 2.89. The second-order valence-corrected chi connectivity index (χ2v) is 4.15. The summed E-state index contributed by atoms with van der Waals surface area (Å²) in [5.41, 5.74) is -0.723. The third-order valence-corrected chi connectivity index (χ3v) is 3.21. The molecule has 1 aliphatic heterocycles. The van der Waals surface area contributed by atoms with Crippen molar-refractivity contribution in [2.24, 2.45) is 11.3 Å². The van der Waals surface area contributed by atoms with Crippen LogP contribution in [0.25, 0.3) is 0 Å². The number of carbonyl (C=O) groups excluding carboxylic acids is 1. The van der Waals surface area contributed by atoms with Gasteiger partial charge in [-0.15, -0.1) is 5.06 Å². The molecule has 1 amide bonds. The summed E-state index contributed by atoms with van der Waals surface area (Å²) < 4.78 is 0. The van der Waals surface area contributed by atoms with Crippen LogP contribution in [0.3, 0.4) is 0 Å². The van der Waals surface area contributed by atoms with Crippen LogP contribution in [0, 0.1) is 11.3 Å². The van der Waals surface area contributed by atoms with E-state index in [-0.39, 0.29) is 18.4 Å². The molecule has 17 heavy (non-hydrogen) atoms. The topological polar surface area (TPSA) is 78.9 Å². The Bertz CT molecular complexity index is 404. The van der Waals surface area contributed by atoms with Crippen molar-refractivity contribution in [1.82, 2.24) is 10.4 Å². The summed E-state index contributed by atoms with van der Waals surface area (Å²) in [5, 5.41) is 12.5. The van der Waals surface area contributed by atoms with E-state index in [9.17, 15) is 9.59 Å². The molecular formula is C11H14N2O4. The first-order valence-corrected chi connectivity index (χ1v) is 5.32. The molecule has 0 aromatic carbocycles. The van der Waals surface area contributed by atoms with Gasteiger partial charge in [-0.3, -0.25) is 4.79 Å². The fourth-order valence-electron chi connectivity index (χ4n) is 2.42. The maximum atomic E-state index is 12.0. The van der Waals surface area contributed by atoms with Gasteiger partial charge in [0.05, 0.1) is 12.0 Å². The van der Waals surface area contributed by atoms with Gasteiger partial charge >= 0.3 is 6.16 Å². The van der Waals surface area contributed by atoms with E-state index in [1.807, 2.05) is 18.2 Å². The molecule has 0 spiro atoms. The summed E-state index contributed by atoms with van der Waals surface area (Å²) in [5.74, 6) is -0.189. The van der Waals surface area contributed by atoms with Crippen LogP contribution in [-0.4, -0.2) is 42.4 Å². The lowest BCUT2D eigenvalue weighted by atomic mass is 9.74. The van der Waals surface area contributed by atoms with Gasteiger partial charge in [0.15, 0.2) is 0 Å². The zero-order valence-electron chi connectivity index (χ0n) is 9.42. The summed E-state index contributed by atoms with van der Waals surface area (Å²) in [7, 11) is 1.57. The lowest BCUT2D eigenvalue weighted by molar-refractivity contribution is -0.133. The number of nitrogens with zero attached hydrogens (tertiary/aromatic N) is 1. The Morgan fingerprint density at radius 3 is 2.94 bits per heavy atom. The molecule has 2 atom stereocenters. The Morgan fingerprint density at radius 2 is 2.29 bits per heavy atom. The Morgan fingerprint density at radius 1 is 1.53 bits per heavy atom. The normalized spacial score (nSPS) is 31.0. The minimum atomic E-state index is -1.36. The summed E-state index contributed by atoms with van der Waals surface area (Å²) in [6.07, 6.45) is 6.01. The van der Waals surface area contributed by atoms with Crippen LogP contribution in [0.1, 0.15) is 0 Å². The molecule has 0 saturated carbocycles. The minimum absolute atomic E-state index is 0.0631. The highest BCUT2D eigenvalue weighted by molar-refractivity contribution is 5.86. The molecule has 0 aromatic rings. The first kappa shape index (κ1) is 11.7. The molecule has 1 aliphatic carbocycles. The van der Waals surface area contributed by atoms with Crippen molar-refractivity contribution in [1.29, 1.82) is 0 Å². The second-order valence-electron chi connectivity index (χ2n) is 4.15. The van der Waals surface area contributed by atoms with E-state index in [0.717, 1.165) is 0 Å². The fourth-order valence-corrected chi connectivity index (χ4v) is 2.42. The molecule has 2 rings (SSSR count). The zero-order chi connectivity index (χ0) is 12.5. The van der Waals surface area contributed by atoms with Crippen LogP contribution in [0.4, 0.5) is 4.79 Å². The van der Waals surface area contributed by atoms with Gasteiger partial charge in [-0.2, -0.15) is 0 Å². The molecular weight excluding hydrogens is 224 g/mol. The Labute approximate surface area is 98.5 Å². The largest absolute Gasteiger partial charge is 0.525 e. The number of carbonyl (C=O) groups is 2. The van der Waals surface area contributed by atoms with Crippen LogP contribution in [0.15, 0.2) is 24.3 Å². The molecule has 2 unspecified atom stereocenters. The van der Waals surface area contributed by atoms with E-state index in [0.29, 0.717) is 6.54 Å². The monoisotopic (exact) mass is 238 g/mol. The highest BCUT2D eigenvalue weighted by atomic mass is 16.8. The fraction of sp³-hybridized carbons (Fsp3) is 0.455. The number of fused-ring (bicyclic) bond motifs is 1. The van der Waals surface area contributed by atoms with E-state index in [4.69, 9.17) is 5.11 Å². The molecule has 0 aromatic heterocycles. The average Bonchev–Trinajstić information content (AvgIpc) is 2.65. The molecule has 0 radical (unpaired) electrons. The van der Waals surface area contributed by atoms with Gasteiger partial charge < -0.3 is 15.3 Å². The van der Waals surface area contributed by atoms with Crippen molar-refractivity contribution < 1.29 is 19.5 Å². The average molecular weight is 238 g/mol. The summed E-state index contributed by atoms with van der Waals surface area (Å²) in [6, 6.07) is 0. The number of rotatable bonds is 2. The van der Waals surface area contributed by atoms with Crippen molar-refractivity contribution in [2.75, 3.05) is 20.1 Å². The predicted molar refractivity (Wildman–Crippen MR) is 59.0 cm³/mol. The van der Waals surface area contributed by atoms with Crippen LogP contribution < -0.4 is 5.32 Å². The number of amides is 1. The maximum Gasteiger partial charge on any atom is 0.525 e. The van der Waals surface area contributed by atoms with Crippen LogP contribution >= 0.6 is 0 Å². The number of hydroxylamine groups is 2. The van der Waals surface area contributed by atoms with Crippen LogP contribution in [0.5, 0.6) is 0 Å². The van der Waals surface area contributed by atoms with Crippen molar-refractivity contribution in [2.45, 2.75) is 0 Å². The predicted octanol–water partition coefficient (Wildman–Crippen LogP) is 0.386. The van der Waals surface area contributed by atoms with Crippen molar-refractivity contribution in [3.63, 3.8) is 0 Å². The lowest BCUT2D eigenvalue weighted by Crippen LogP contribution is -2.44. The van der Waals surface area contributed by atoms with Gasteiger partial charge in [0, 0.05) is 19.5 Å². The summed E-state index contributed by atoms with van der Waals surface area (Å²) in [4.78, 5) is 27.1. The number of allylic oxidation sites excluding steroid dienone is 2. The highest BCUT2D eigenvalue weighted by Gasteiger charge is 2.51. The van der Waals surface area contributed by atoms with E-state index in [2.05, 4.69) is 10.2 Å². The molecule has 6 nitrogen and oxygen atoms in total. The van der Waals surface area contributed by atoms with Gasteiger partial charge in [0.25, 0.3) is 0 Å². The van der Waals surface area contributed by atoms with E-state index < -0.39 is 11.6 Å². The van der Waals surface area contributed by atoms with Gasteiger partial charge in [0.2, 0.25) is 5.91 Å². The van der Waals surface area contributed by atoms with Gasteiger partial charge in [-0.05, 0) is 0 Å². The van der Waals surface area contributed by atoms with Gasteiger partial charge in [-0.1, -0.05) is 24.3 Å². The molecule has 2 aliphatic rings. The lowest BCUT2D eigenvalue weighted by Gasteiger charge is -2.29. The van der Waals surface area contributed by atoms with E-state index in [1.54, 1.807) is 13.1 Å². The maximum absolute atomic E-state index is 12.0. The third kappa shape index (κ3) is 1.91. The third-order valence-electron chi connectivity index (χ3n) is 3.21. The molecule has 1 fully saturated rings. The smallest absolute Gasteiger partial charge is 0.448 e. The van der Waals surface area contributed by atoms with Crippen molar-refractivity contribution in [3.8, 4) is 0 Å². The van der Waals surface area contributed by atoms with Gasteiger partial charge in [0.1, 0.15) is 0 Å². The zero-order valence-corrected chi connectivity index (χ0v) is 9.42. The standard InChI is InChI=1S/C11H14N2O4/c1-12-9(14)11-5-3-2-4-8(11)6-13(7-11)17-10(15)16/h2-5,8H,6-7H2,1H3,(H,12,14)(H,15,16). The highest BCUT2D eigenvalue weighted by Crippen LogP contribution is 2.40. The quantitative estimate of drug-likeness (QED) is 0.727. The molecule has 2 N–H and O–H groups in total. The Balaban J connectivity index is 2.22. The molecule has 1 heterocycles. The van der Waals surface area contributed by atoms with Crippen LogP contribution in [-0.2, 0) is 9.63 Å². The SMILES string of the molecule is CNC(=O)C12C=CC=CC1CN(OC(=O)O)C2. The number of carboxylic acid groups (broad SMARTS) is 1. The summed E-state index contributed by atoms with van der Waals surface area (Å²) >= 11 is 0. The molecule has 0 bridgehead atoms. The van der Waals surface area contributed by atoms with Crippen molar-refractivity contribution in [3.05, 3.63) is 24.3 Å². The molecule has 1 saturated heterocycles. The number of nitrogens with one attached hydrogen (secondary N) is 1.